The van der Waals surface area contributed by atoms with Crippen molar-refractivity contribution in [3.8, 4) is 5.75 Å². The van der Waals surface area contributed by atoms with Crippen molar-refractivity contribution in [1.29, 1.82) is 0 Å². The van der Waals surface area contributed by atoms with Crippen LogP contribution in [0.2, 0.25) is 0 Å². The number of methoxy groups -OCH3 is 1. The van der Waals surface area contributed by atoms with Gasteiger partial charge in [-0.3, -0.25) is 14.5 Å². The van der Waals surface area contributed by atoms with Crippen LogP contribution in [0.15, 0.2) is 36.4 Å². The number of amides is 1. The predicted molar refractivity (Wildman–Crippen MR) is 173 cm³/mol. The molecule has 0 spiro atoms. The number of aliphatic hydroxyl groups is 3. The molecule has 0 saturated carbocycles. The van der Waals surface area contributed by atoms with E-state index in [0.717, 1.165) is 47.9 Å². The fourth-order valence-electron chi connectivity index (χ4n) is 5.89. The molecule has 246 valence electrons. The molecular weight excluding hydrogens is 608 g/mol. The lowest BCUT2D eigenvalue weighted by atomic mass is 9.92. The smallest absolute Gasteiger partial charge is 0.310 e. The van der Waals surface area contributed by atoms with E-state index in [4.69, 9.17) is 26.2 Å². The number of likely N-dealkylation sites (tertiary alicyclic amines) is 1. The third kappa shape index (κ3) is 8.78. The van der Waals surface area contributed by atoms with Crippen molar-refractivity contribution in [2.75, 3.05) is 27.0 Å². The van der Waals surface area contributed by atoms with Crippen LogP contribution < -0.4 is 10.1 Å². The molecule has 2 saturated heterocycles. The van der Waals surface area contributed by atoms with Crippen LogP contribution in [0.1, 0.15) is 51.5 Å². The number of carboxylic acids is 1. The van der Waals surface area contributed by atoms with Gasteiger partial charge in [-0.2, -0.15) is 0 Å². The molecule has 5 N–H and O–H groups in total. The predicted octanol–water partition coefficient (Wildman–Crippen LogP) is 3.43. The van der Waals surface area contributed by atoms with Gasteiger partial charge in [-0.1, -0.05) is 37.6 Å². The minimum absolute atomic E-state index is 0.147. The average Bonchev–Trinajstić information content (AvgIpc) is 3.38. The molecule has 0 bridgehead atoms. The Balaban J connectivity index is 0.000000266. The lowest BCUT2D eigenvalue weighted by molar-refractivity contribution is -0.205. The number of rotatable bonds is 10. The van der Waals surface area contributed by atoms with Crippen molar-refractivity contribution >= 4 is 46.0 Å². The van der Waals surface area contributed by atoms with E-state index in [2.05, 4.69) is 12.2 Å². The third-order valence-corrected chi connectivity index (χ3v) is 9.70. The summed E-state index contributed by atoms with van der Waals surface area (Å²) in [5, 5.41) is 44.1. The fourth-order valence-corrected chi connectivity index (χ4v) is 6.78. The number of fused-ring (bicyclic) bond motifs is 1. The average molecular weight is 655 g/mol. The number of hydrogen-bond donors (Lipinski definition) is 5. The molecule has 2 aromatic carbocycles. The number of carbonyl (C=O) groups excluding carboxylic acids is 1. The number of hydrogen-bond acceptors (Lipinski definition) is 9. The van der Waals surface area contributed by atoms with Gasteiger partial charge in [-0.05, 0) is 74.4 Å². The van der Waals surface area contributed by atoms with Gasteiger partial charge >= 0.3 is 5.97 Å². The molecule has 2 aliphatic heterocycles. The fraction of sp³-hybridized carbons (Fsp3) is 0.625. The molecule has 0 aromatic heterocycles. The topological polar surface area (TPSA) is 149 Å². The molecule has 12 heteroatoms. The highest BCUT2D eigenvalue weighted by atomic mass is 35.5. The molecule has 0 aliphatic carbocycles. The Hall–Kier alpha value is -2.12. The van der Waals surface area contributed by atoms with Crippen molar-refractivity contribution < 1.29 is 39.5 Å². The molecule has 10 nitrogen and oxygen atoms in total. The van der Waals surface area contributed by atoms with Gasteiger partial charge in [0.2, 0.25) is 5.91 Å². The summed E-state index contributed by atoms with van der Waals surface area (Å²) in [6.45, 7) is 6.43. The first kappa shape index (κ1) is 36.3. The summed E-state index contributed by atoms with van der Waals surface area (Å²) in [5.41, 5.74) is 0.112. The Morgan fingerprint density at radius 2 is 1.77 bits per heavy atom. The number of nitrogens with zero attached hydrogens (tertiary/aromatic N) is 1. The SMILES string of the molecule is CCC[C@@H]1C[C@@H](C(=O)N[C@@H]([C@H]2O[C@H](SC)[C@H](O)[C@@H](O)[C@H]2O)[C@H](C)Cl)N(C)C1.COc1ccc2cc([C@H](C)C(=O)O)ccc2c1. The van der Waals surface area contributed by atoms with Gasteiger partial charge in [0.15, 0.2) is 0 Å². The van der Waals surface area contributed by atoms with Gasteiger partial charge in [-0.25, -0.2) is 0 Å². The van der Waals surface area contributed by atoms with E-state index in [-0.39, 0.29) is 11.9 Å². The van der Waals surface area contributed by atoms with Crippen LogP contribution in [0, 0.1) is 5.92 Å². The lowest BCUT2D eigenvalue weighted by Crippen LogP contribution is -2.65. The molecule has 10 atom stereocenters. The van der Waals surface area contributed by atoms with E-state index in [1.807, 2.05) is 48.3 Å². The third-order valence-electron chi connectivity index (χ3n) is 8.57. The molecule has 44 heavy (non-hydrogen) atoms. The van der Waals surface area contributed by atoms with Crippen LogP contribution in [0.3, 0.4) is 0 Å². The van der Waals surface area contributed by atoms with Crippen LogP contribution in [0.5, 0.6) is 5.75 Å². The number of thioether (sulfide) groups is 1. The highest BCUT2D eigenvalue weighted by molar-refractivity contribution is 7.99. The molecule has 0 radical (unpaired) electrons. The van der Waals surface area contributed by atoms with E-state index >= 15 is 0 Å². The summed E-state index contributed by atoms with van der Waals surface area (Å²) in [7, 11) is 3.57. The summed E-state index contributed by atoms with van der Waals surface area (Å²) in [4.78, 5) is 25.9. The van der Waals surface area contributed by atoms with Crippen molar-refractivity contribution in [2.45, 2.75) is 93.3 Å². The molecule has 4 rings (SSSR count). The first-order chi connectivity index (χ1) is 20.8. The second-order valence-electron chi connectivity index (χ2n) is 11.8. The summed E-state index contributed by atoms with van der Waals surface area (Å²) >= 11 is 7.55. The zero-order valence-corrected chi connectivity index (χ0v) is 27.8. The van der Waals surface area contributed by atoms with Gasteiger partial charge in [0.1, 0.15) is 35.6 Å². The number of carbonyl (C=O) groups is 2. The van der Waals surface area contributed by atoms with Crippen LogP contribution in [-0.4, -0.2) is 111 Å². The van der Waals surface area contributed by atoms with Crippen LogP contribution in [0.4, 0.5) is 0 Å². The molecule has 2 heterocycles. The Labute approximate surface area is 269 Å². The zero-order valence-electron chi connectivity index (χ0n) is 26.2. The lowest BCUT2D eigenvalue weighted by Gasteiger charge is -2.44. The Morgan fingerprint density at radius 3 is 2.36 bits per heavy atom. The van der Waals surface area contributed by atoms with Crippen molar-refractivity contribution in [2.24, 2.45) is 5.92 Å². The number of alkyl halides is 1. The number of likely N-dealkylation sites (N-methyl/N-ethyl adjacent to an activating group) is 1. The first-order valence-corrected chi connectivity index (χ1v) is 16.7. The Kier molecular flexibility index (Phi) is 13.6. The Morgan fingerprint density at radius 1 is 1.11 bits per heavy atom. The number of nitrogens with one attached hydrogen (secondary N) is 1. The quantitative estimate of drug-likeness (QED) is 0.241. The standard InChI is InChI=1S/C18H33ClN2O5S.C14H14O3/c1-5-6-10-7-11(21(3)8-10)17(25)20-12(9(2)19)16-14(23)13(22)15(24)18(26-16)27-4;1-9(14(15)16)10-3-4-12-8-13(17-2)6-5-11(12)7-10/h9-16,18,22-24H,5-8H2,1-4H3,(H,20,25);3-9H,1-2H3,(H,15,16)/t9-,10+,11-,12+,13-,14+,15+,16+,18+;9-/m00/s1. The van der Waals surface area contributed by atoms with E-state index in [1.54, 1.807) is 27.2 Å². The molecule has 0 unspecified atom stereocenters. The van der Waals surface area contributed by atoms with Gasteiger partial charge < -0.3 is 35.2 Å². The van der Waals surface area contributed by atoms with E-state index < -0.39 is 53.2 Å². The molecular formula is C32H47ClN2O8S. The van der Waals surface area contributed by atoms with Gasteiger partial charge in [-0.15, -0.1) is 23.4 Å². The molecule has 2 fully saturated rings. The number of halogens is 1. The van der Waals surface area contributed by atoms with Gasteiger partial charge in [0.05, 0.1) is 30.5 Å². The normalized spacial score (nSPS) is 29.3. The minimum atomic E-state index is -1.36. The second kappa shape index (κ2) is 16.4. The van der Waals surface area contributed by atoms with Crippen molar-refractivity contribution in [3.05, 3.63) is 42.0 Å². The van der Waals surface area contributed by atoms with E-state index in [9.17, 15) is 24.9 Å². The summed E-state index contributed by atoms with van der Waals surface area (Å²) in [6.07, 6.45) is -0.0980. The molecule has 2 aromatic rings. The van der Waals surface area contributed by atoms with Crippen LogP contribution in [0.25, 0.3) is 10.8 Å². The molecule has 2 aliphatic rings. The Bertz CT molecular complexity index is 1250. The number of benzene rings is 2. The maximum Gasteiger partial charge on any atom is 0.310 e. The highest BCUT2D eigenvalue weighted by Gasteiger charge is 2.48. The van der Waals surface area contributed by atoms with Gasteiger partial charge in [0.25, 0.3) is 0 Å². The van der Waals surface area contributed by atoms with Gasteiger partial charge in [0, 0.05) is 6.54 Å². The second-order valence-corrected chi connectivity index (χ2v) is 13.4. The number of aliphatic carboxylic acids is 1. The summed E-state index contributed by atoms with van der Waals surface area (Å²) in [5.74, 6) is -0.140. The monoisotopic (exact) mass is 654 g/mol. The number of ether oxygens (including phenoxy) is 2. The summed E-state index contributed by atoms with van der Waals surface area (Å²) < 4.78 is 10.9. The maximum absolute atomic E-state index is 12.9. The number of carboxylic acid groups (broad SMARTS) is 1. The van der Waals surface area contributed by atoms with Crippen molar-refractivity contribution in [3.63, 3.8) is 0 Å². The number of aliphatic hydroxyl groups excluding tert-OH is 3. The molecule has 1 amide bonds. The summed E-state index contributed by atoms with van der Waals surface area (Å²) in [6, 6.07) is 10.5. The largest absolute Gasteiger partial charge is 0.497 e. The van der Waals surface area contributed by atoms with Crippen LogP contribution >= 0.6 is 23.4 Å². The van der Waals surface area contributed by atoms with Crippen molar-refractivity contribution in [1.82, 2.24) is 10.2 Å². The minimum Gasteiger partial charge on any atom is -0.497 e. The maximum atomic E-state index is 12.9. The highest BCUT2D eigenvalue weighted by Crippen LogP contribution is 2.31. The van der Waals surface area contributed by atoms with E-state index in [0.29, 0.717) is 5.92 Å². The zero-order chi connectivity index (χ0) is 32.7. The first-order valence-electron chi connectivity index (χ1n) is 15.0. The van der Waals surface area contributed by atoms with E-state index in [1.165, 1.54) is 11.8 Å². The van der Waals surface area contributed by atoms with Crippen LogP contribution in [-0.2, 0) is 14.3 Å².